The van der Waals surface area contributed by atoms with Gasteiger partial charge in [0.15, 0.2) is 0 Å². The fourth-order valence-corrected chi connectivity index (χ4v) is 4.10. The van der Waals surface area contributed by atoms with E-state index in [0.29, 0.717) is 26.3 Å². The van der Waals surface area contributed by atoms with Crippen molar-refractivity contribution in [3.63, 3.8) is 0 Å². The van der Waals surface area contributed by atoms with Gasteiger partial charge in [-0.25, -0.2) is 0 Å². The number of fused-ring (bicyclic) bond motifs is 2. The van der Waals surface area contributed by atoms with Gasteiger partial charge in [0.2, 0.25) is 5.91 Å². The molecule has 2 bridgehead atoms. The standard InChI is InChI=1S/C17H25N3O4/c1-11-15(12(2)24-18-11)9-19-8-13-7-14(16(10-19)23-13)17(21)20-3-5-22-6-4-20/h13-14,16H,3-10H2,1-2H3. The third kappa shape index (κ3) is 2.96. The first-order valence-corrected chi connectivity index (χ1v) is 8.78. The van der Waals surface area contributed by atoms with E-state index in [1.807, 2.05) is 18.7 Å². The van der Waals surface area contributed by atoms with Crippen molar-refractivity contribution in [2.75, 3.05) is 39.4 Å². The van der Waals surface area contributed by atoms with E-state index in [2.05, 4.69) is 10.1 Å². The highest BCUT2D eigenvalue weighted by molar-refractivity contribution is 5.80. The Hall–Kier alpha value is -1.44. The quantitative estimate of drug-likeness (QED) is 0.812. The molecular weight excluding hydrogens is 310 g/mol. The fourth-order valence-electron chi connectivity index (χ4n) is 4.10. The van der Waals surface area contributed by atoms with E-state index >= 15 is 0 Å². The van der Waals surface area contributed by atoms with Crippen molar-refractivity contribution in [2.24, 2.45) is 5.92 Å². The molecule has 3 aliphatic rings. The van der Waals surface area contributed by atoms with E-state index in [1.54, 1.807) is 0 Å². The van der Waals surface area contributed by atoms with E-state index in [-0.39, 0.29) is 24.0 Å². The molecule has 1 aromatic rings. The van der Waals surface area contributed by atoms with Crippen molar-refractivity contribution in [1.82, 2.24) is 15.0 Å². The molecule has 132 valence electrons. The highest BCUT2D eigenvalue weighted by Gasteiger charge is 2.46. The molecule has 3 saturated heterocycles. The maximum Gasteiger partial charge on any atom is 0.228 e. The number of morpholine rings is 2. The number of aromatic nitrogens is 1. The zero-order valence-electron chi connectivity index (χ0n) is 14.4. The van der Waals surface area contributed by atoms with Crippen LogP contribution >= 0.6 is 0 Å². The maximum atomic E-state index is 12.8. The summed E-state index contributed by atoms with van der Waals surface area (Å²) in [5, 5.41) is 4.03. The second-order valence-electron chi connectivity index (χ2n) is 7.07. The molecule has 0 aliphatic carbocycles. The first-order chi connectivity index (χ1) is 11.6. The molecule has 4 rings (SSSR count). The number of likely N-dealkylation sites (tertiary alicyclic amines) is 1. The molecule has 0 spiro atoms. The highest BCUT2D eigenvalue weighted by Crippen LogP contribution is 2.34. The fraction of sp³-hybridized carbons (Fsp3) is 0.765. The third-order valence-corrected chi connectivity index (χ3v) is 5.44. The maximum absolute atomic E-state index is 12.8. The van der Waals surface area contributed by atoms with Crippen molar-refractivity contribution in [1.29, 1.82) is 0 Å². The van der Waals surface area contributed by atoms with Crippen LogP contribution in [-0.2, 0) is 20.8 Å². The summed E-state index contributed by atoms with van der Waals surface area (Å²) in [5.41, 5.74) is 2.11. The average Bonchev–Trinajstić information content (AvgIpc) is 3.07. The lowest BCUT2D eigenvalue weighted by molar-refractivity contribution is -0.142. The van der Waals surface area contributed by atoms with Crippen molar-refractivity contribution in [3.05, 3.63) is 17.0 Å². The number of carbonyl (C=O) groups is 1. The molecule has 3 unspecified atom stereocenters. The summed E-state index contributed by atoms with van der Waals surface area (Å²) in [6.07, 6.45) is 0.984. The average molecular weight is 335 g/mol. The van der Waals surface area contributed by atoms with Gasteiger partial charge in [0.25, 0.3) is 0 Å². The minimum atomic E-state index is -0.0113. The van der Waals surface area contributed by atoms with Crippen LogP contribution in [0.3, 0.4) is 0 Å². The van der Waals surface area contributed by atoms with Gasteiger partial charge >= 0.3 is 0 Å². The van der Waals surface area contributed by atoms with Gasteiger partial charge < -0.3 is 18.9 Å². The molecule has 1 amide bonds. The first-order valence-electron chi connectivity index (χ1n) is 8.78. The van der Waals surface area contributed by atoms with Crippen molar-refractivity contribution in [2.45, 2.75) is 39.0 Å². The lowest BCUT2D eigenvalue weighted by Gasteiger charge is -2.34. The molecule has 7 heteroatoms. The van der Waals surface area contributed by atoms with Crippen LogP contribution in [0.15, 0.2) is 4.52 Å². The number of carbonyl (C=O) groups excluding carboxylic acids is 1. The van der Waals surface area contributed by atoms with Crippen LogP contribution in [-0.4, -0.2) is 72.5 Å². The second-order valence-corrected chi connectivity index (χ2v) is 7.07. The van der Waals surface area contributed by atoms with Gasteiger partial charge in [-0.05, 0) is 20.3 Å². The summed E-state index contributed by atoms with van der Waals surface area (Å²) in [6, 6.07) is 0. The number of rotatable bonds is 3. The highest BCUT2D eigenvalue weighted by atomic mass is 16.5. The molecule has 1 aromatic heterocycles. The van der Waals surface area contributed by atoms with Crippen LogP contribution < -0.4 is 0 Å². The molecule has 0 radical (unpaired) electrons. The van der Waals surface area contributed by atoms with Gasteiger partial charge in [0.1, 0.15) is 5.76 Å². The van der Waals surface area contributed by atoms with E-state index < -0.39 is 0 Å². The van der Waals surface area contributed by atoms with Gasteiger partial charge in [0, 0.05) is 38.3 Å². The molecule has 0 saturated carbocycles. The number of hydrogen-bond acceptors (Lipinski definition) is 6. The van der Waals surface area contributed by atoms with Crippen LogP contribution in [0.1, 0.15) is 23.4 Å². The van der Waals surface area contributed by atoms with Crippen molar-refractivity contribution in [3.8, 4) is 0 Å². The molecule has 4 heterocycles. The molecule has 24 heavy (non-hydrogen) atoms. The molecule has 0 N–H and O–H groups in total. The van der Waals surface area contributed by atoms with Crippen LogP contribution in [0.2, 0.25) is 0 Å². The molecule has 7 nitrogen and oxygen atoms in total. The zero-order chi connectivity index (χ0) is 16.7. The van der Waals surface area contributed by atoms with E-state index in [9.17, 15) is 4.79 Å². The van der Waals surface area contributed by atoms with Gasteiger partial charge in [-0.1, -0.05) is 5.16 Å². The number of ether oxygens (including phenoxy) is 2. The van der Waals surface area contributed by atoms with Gasteiger partial charge in [-0.3, -0.25) is 9.69 Å². The van der Waals surface area contributed by atoms with Crippen molar-refractivity contribution < 1.29 is 18.8 Å². The lowest BCUT2D eigenvalue weighted by atomic mass is 9.98. The molecule has 3 aliphatic heterocycles. The summed E-state index contributed by atoms with van der Waals surface area (Å²) < 4.78 is 16.7. The largest absolute Gasteiger partial charge is 0.378 e. The Morgan fingerprint density at radius 3 is 2.75 bits per heavy atom. The smallest absolute Gasteiger partial charge is 0.228 e. The van der Waals surface area contributed by atoms with Crippen LogP contribution in [0, 0.1) is 19.8 Å². The predicted molar refractivity (Wildman–Crippen MR) is 85.4 cm³/mol. The number of hydrogen-bond donors (Lipinski definition) is 0. The van der Waals surface area contributed by atoms with Gasteiger partial charge in [-0.2, -0.15) is 0 Å². The summed E-state index contributed by atoms with van der Waals surface area (Å²) in [7, 11) is 0. The monoisotopic (exact) mass is 335 g/mol. The Morgan fingerprint density at radius 1 is 1.25 bits per heavy atom. The predicted octanol–water partition coefficient (Wildman–Crippen LogP) is 0.740. The Bertz CT molecular complexity index is 591. The summed E-state index contributed by atoms with van der Waals surface area (Å²) in [5.74, 6) is 1.11. The van der Waals surface area contributed by atoms with E-state index in [1.165, 1.54) is 0 Å². The normalized spacial score (nSPS) is 30.8. The number of nitrogens with zero attached hydrogens (tertiary/aromatic N) is 3. The minimum absolute atomic E-state index is 0.000401. The second kappa shape index (κ2) is 6.46. The first kappa shape index (κ1) is 16.1. The summed E-state index contributed by atoms with van der Waals surface area (Å²) in [6.45, 7) is 9.10. The summed E-state index contributed by atoms with van der Waals surface area (Å²) in [4.78, 5) is 17.1. The Labute approximate surface area is 141 Å². The van der Waals surface area contributed by atoms with E-state index in [4.69, 9.17) is 14.0 Å². The zero-order valence-corrected chi connectivity index (χ0v) is 14.4. The van der Waals surface area contributed by atoms with Gasteiger partial charge in [-0.15, -0.1) is 0 Å². The van der Waals surface area contributed by atoms with E-state index in [0.717, 1.165) is 43.1 Å². The minimum Gasteiger partial charge on any atom is -0.378 e. The van der Waals surface area contributed by atoms with Crippen LogP contribution in [0.4, 0.5) is 0 Å². The molecule has 3 atom stereocenters. The Morgan fingerprint density at radius 2 is 2.04 bits per heavy atom. The Kier molecular flexibility index (Phi) is 4.32. The third-order valence-electron chi connectivity index (χ3n) is 5.44. The number of amides is 1. The number of aryl methyl sites for hydroxylation is 2. The SMILES string of the molecule is Cc1noc(C)c1CN1CC2CC(C(=O)N3CCOCC3)C(C1)O2. The molecule has 0 aromatic carbocycles. The van der Waals surface area contributed by atoms with Crippen LogP contribution in [0.25, 0.3) is 0 Å². The molecule has 3 fully saturated rings. The topological polar surface area (TPSA) is 68.0 Å². The lowest BCUT2D eigenvalue weighted by Crippen LogP contribution is -2.48. The Balaban J connectivity index is 1.41. The van der Waals surface area contributed by atoms with Crippen molar-refractivity contribution >= 4 is 5.91 Å². The van der Waals surface area contributed by atoms with Crippen LogP contribution in [0.5, 0.6) is 0 Å². The summed E-state index contributed by atoms with van der Waals surface area (Å²) >= 11 is 0. The van der Waals surface area contributed by atoms with Gasteiger partial charge in [0.05, 0.1) is 37.0 Å². The molecular formula is C17H25N3O4.